The number of aromatic nitrogens is 2. The molecule has 2 aliphatic heterocycles. The Morgan fingerprint density at radius 3 is 2.68 bits per heavy atom. The highest BCUT2D eigenvalue weighted by Gasteiger charge is 2.35. The largest absolute Gasteiger partial charge is 0.378 e. The van der Waals surface area contributed by atoms with Gasteiger partial charge in [0.1, 0.15) is 11.9 Å². The van der Waals surface area contributed by atoms with E-state index in [0.717, 1.165) is 17.1 Å². The molecular formula is C18H19ClN4O2. The molecule has 130 valence electrons. The molecule has 1 fully saturated rings. The Bertz CT molecular complexity index is 822. The Morgan fingerprint density at radius 2 is 1.96 bits per heavy atom. The lowest BCUT2D eigenvalue weighted by Crippen LogP contribution is -2.44. The summed E-state index contributed by atoms with van der Waals surface area (Å²) in [6.07, 6.45) is 1.74. The zero-order valence-electron chi connectivity index (χ0n) is 13.9. The van der Waals surface area contributed by atoms with E-state index in [1.54, 1.807) is 6.20 Å². The van der Waals surface area contributed by atoms with Crippen molar-refractivity contribution in [3.05, 3.63) is 58.4 Å². The standard InChI is InChI=1S/C18H19ClN4O2/c1-12-16(18(24)22-8-10-25-11-9-22)17(13-2-4-14(19)5-3-13)23-15(21-12)6-7-20-23/h2-7,17,21H,8-11H2,1H3. The summed E-state index contributed by atoms with van der Waals surface area (Å²) >= 11 is 6.04. The van der Waals surface area contributed by atoms with Crippen LogP contribution in [0.5, 0.6) is 0 Å². The van der Waals surface area contributed by atoms with Gasteiger partial charge in [0.25, 0.3) is 5.91 Å². The molecule has 0 aliphatic carbocycles. The maximum atomic E-state index is 13.3. The summed E-state index contributed by atoms with van der Waals surface area (Å²) in [6.45, 7) is 4.30. The minimum atomic E-state index is -0.279. The average Bonchev–Trinajstić information content (AvgIpc) is 3.09. The van der Waals surface area contributed by atoms with E-state index in [4.69, 9.17) is 16.3 Å². The summed E-state index contributed by atoms with van der Waals surface area (Å²) in [5.41, 5.74) is 2.54. The van der Waals surface area contributed by atoms with Crippen molar-refractivity contribution in [2.45, 2.75) is 13.0 Å². The van der Waals surface area contributed by atoms with Gasteiger partial charge in [-0.25, -0.2) is 4.68 Å². The van der Waals surface area contributed by atoms with Gasteiger partial charge in [0.15, 0.2) is 0 Å². The second kappa shape index (κ2) is 6.54. The van der Waals surface area contributed by atoms with Crippen LogP contribution >= 0.6 is 11.6 Å². The maximum Gasteiger partial charge on any atom is 0.254 e. The van der Waals surface area contributed by atoms with Gasteiger partial charge in [-0.2, -0.15) is 5.10 Å². The highest BCUT2D eigenvalue weighted by atomic mass is 35.5. The number of fused-ring (bicyclic) bond motifs is 1. The molecular weight excluding hydrogens is 340 g/mol. The molecule has 3 heterocycles. The van der Waals surface area contributed by atoms with Crippen molar-refractivity contribution in [2.75, 3.05) is 31.6 Å². The Kier molecular flexibility index (Phi) is 4.23. The molecule has 7 heteroatoms. The average molecular weight is 359 g/mol. The fourth-order valence-corrected chi connectivity index (χ4v) is 3.50. The lowest BCUT2D eigenvalue weighted by molar-refractivity contribution is -0.131. The lowest BCUT2D eigenvalue weighted by atomic mass is 9.94. The molecule has 0 spiro atoms. The van der Waals surface area contributed by atoms with Gasteiger partial charge in [0.2, 0.25) is 0 Å². The van der Waals surface area contributed by atoms with Crippen molar-refractivity contribution in [3.8, 4) is 0 Å². The molecule has 1 saturated heterocycles. The summed E-state index contributed by atoms with van der Waals surface area (Å²) < 4.78 is 7.23. The number of ether oxygens (including phenoxy) is 1. The number of halogens is 1. The number of hydrogen-bond acceptors (Lipinski definition) is 4. The molecule has 0 radical (unpaired) electrons. The van der Waals surface area contributed by atoms with Gasteiger partial charge in [-0.15, -0.1) is 0 Å². The number of morpholine rings is 1. The molecule has 6 nitrogen and oxygen atoms in total. The third kappa shape index (κ3) is 2.92. The van der Waals surface area contributed by atoms with Gasteiger partial charge >= 0.3 is 0 Å². The molecule has 2 aliphatic rings. The van der Waals surface area contributed by atoms with Crippen molar-refractivity contribution in [1.82, 2.24) is 14.7 Å². The normalized spacial score (nSPS) is 20.2. The smallest absolute Gasteiger partial charge is 0.254 e. The van der Waals surface area contributed by atoms with Crippen LogP contribution in [0.1, 0.15) is 18.5 Å². The van der Waals surface area contributed by atoms with Gasteiger partial charge in [-0.1, -0.05) is 23.7 Å². The summed E-state index contributed by atoms with van der Waals surface area (Å²) in [7, 11) is 0. The zero-order chi connectivity index (χ0) is 17.4. The van der Waals surface area contributed by atoms with Gasteiger partial charge < -0.3 is 15.0 Å². The quantitative estimate of drug-likeness (QED) is 0.896. The highest BCUT2D eigenvalue weighted by molar-refractivity contribution is 6.30. The Hall–Kier alpha value is -2.31. The molecule has 1 amide bonds. The Balaban J connectivity index is 1.78. The van der Waals surface area contributed by atoms with Gasteiger partial charge in [0, 0.05) is 29.9 Å². The zero-order valence-corrected chi connectivity index (χ0v) is 14.7. The number of rotatable bonds is 2. The highest BCUT2D eigenvalue weighted by Crippen LogP contribution is 2.36. The van der Waals surface area contributed by atoms with E-state index in [1.165, 1.54) is 0 Å². The van der Waals surface area contributed by atoms with E-state index in [2.05, 4.69) is 10.4 Å². The first-order valence-electron chi connectivity index (χ1n) is 8.29. The van der Waals surface area contributed by atoms with Gasteiger partial charge in [-0.05, 0) is 24.6 Å². The molecule has 0 saturated carbocycles. The van der Waals surface area contributed by atoms with Crippen LogP contribution < -0.4 is 5.32 Å². The molecule has 1 atom stereocenters. The summed E-state index contributed by atoms with van der Waals surface area (Å²) in [5.74, 6) is 0.894. The van der Waals surface area contributed by atoms with Crippen LogP contribution in [-0.2, 0) is 9.53 Å². The van der Waals surface area contributed by atoms with Crippen LogP contribution in [0.3, 0.4) is 0 Å². The first-order valence-corrected chi connectivity index (χ1v) is 8.67. The second-order valence-electron chi connectivity index (χ2n) is 6.18. The number of anilines is 1. The van der Waals surface area contributed by atoms with Crippen LogP contribution in [0.4, 0.5) is 5.82 Å². The van der Waals surface area contributed by atoms with Crippen molar-refractivity contribution in [2.24, 2.45) is 0 Å². The fourth-order valence-electron chi connectivity index (χ4n) is 3.37. The van der Waals surface area contributed by atoms with Gasteiger partial charge in [0.05, 0.1) is 25.0 Å². The number of allylic oxidation sites excluding steroid dienone is 1. The number of nitrogens with zero attached hydrogens (tertiary/aromatic N) is 3. The maximum absolute atomic E-state index is 13.3. The minimum absolute atomic E-state index is 0.0226. The van der Waals surface area contributed by atoms with Gasteiger partial charge in [-0.3, -0.25) is 4.79 Å². The van der Waals surface area contributed by atoms with E-state index in [-0.39, 0.29) is 11.9 Å². The summed E-state index contributed by atoms with van der Waals surface area (Å²) in [4.78, 5) is 15.1. The molecule has 2 aromatic rings. The molecule has 1 aromatic carbocycles. The number of nitrogens with one attached hydrogen (secondary N) is 1. The van der Waals surface area contributed by atoms with E-state index in [0.29, 0.717) is 36.9 Å². The van der Waals surface area contributed by atoms with Crippen LogP contribution in [0.25, 0.3) is 0 Å². The molecule has 4 rings (SSSR count). The summed E-state index contributed by atoms with van der Waals surface area (Å²) in [6, 6.07) is 9.21. The number of hydrogen-bond donors (Lipinski definition) is 1. The number of benzene rings is 1. The van der Waals surface area contributed by atoms with Crippen LogP contribution in [0, 0.1) is 0 Å². The van der Waals surface area contributed by atoms with Crippen molar-refractivity contribution < 1.29 is 9.53 Å². The van der Waals surface area contributed by atoms with E-state index in [9.17, 15) is 4.79 Å². The Labute approximate surface area is 151 Å². The number of amides is 1. The van der Waals surface area contributed by atoms with E-state index >= 15 is 0 Å². The van der Waals surface area contributed by atoms with Crippen LogP contribution in [0.2, 0.25) is 5.02 Å². The minimum Gasteiger partial charge on any atom is -0.378 e. The summed E-state index contributed by atoms with van der Waals surface area (Å²) in [5, 5.41) is 8.40. The first kappa shape index (κ1) is 16.2. The number of carbonyl (C=O) groups excluding carboxylic acids is 1. The van der Waals surface area contributed by atoms with E-state index in [1.807, 2.05) is 46.8 Å². The predicted molar refractivity (Wildman–Crippen MR) is 95.5 cm³/mol. The predicted octanol–water partition coefficient (Wildman–Crippen LogP) is 2.68. The topological polar surface area (TPSA) is 59.4 Å². The van der Waals surface area contributed by atoms with Crippen LogP contribution in [0.15, 0.2) is 47.8 Å². The monoisotopic (exact) mass is 358 g/mol. The molecule has 0 bridgehead atoms. The van der Waals surface area contributed by atoms with Crippen molar-refractivity contribution >= 4 is 23.3 Å². The fraction of sp³-hybridized carbons (Fsp3) is 0.333. The van der Waals surface area contributed by atoms with E-state index < -0.39 is 0 Å². The van der Waals surface area contributed by atoms with Crippen LogP contribution in [-0.4, -0.2) is 46.9 Å². The van der Waals surface area contributed by atoms with Crippen molar-refractivity contribution in [1.29, 1.82) is 0 Å². The SMILES string of the molecule is CC1=C(C(=O)N2CCOCC2)C(c2ccc(Cl)cc2)n2nccc2N1. The molecule has 25 heavy (non-hydrogen) atoms. The lowest BCUT2D eigenvalue weighted by Gasteiger charge is -2.34. The molecule has 1 N–H and O–H groups in total. The second-order valence-corrected chi connectivity index (χ2v) is 6.62. The number of carbonyl (C=O) groups is 1. The Morgan fingerprint density at radius 1 is 1.24 bits per heavy atom. The first-order chi connectivity index (χ1) is 12.1. The molecule has 1 unspecified atom stereocenters. The van der Waals surface area contributed by atoms with Crippen molar-refractivity contribution in [3.63, 3.8) is 0 Å². The third-order valence-electron chi connectivity index (χ3n) is 4.62. The molecule has 1 aromatic heterocycles. The third-order valence-corrected chi connectivity index (χ3v) is 4.87.